The molecular weight excluding hydrogens is 384 g/mol. The van der Waals surface area contributed by atoms with Crippen molar-refractivity contribution in [2.75, 3.05) is 12.8 Å². The molecule has 7 heteroatoms. The summed E-state index contributed by atoms with van der Waals surface area (Å²) in [6.07, 6.45) is 0. The van der Waals surface area contributed by atoms with Gasteiger partial charge in [0.05, 0.1) is 28.4 Å². The number of nitriles is 1. The summed E-state index contributed by atoms with van der Waals surface area (Å²) in [4.78, 5) is 31.8. The van der Waals surface area contributed by atoms with Crippen molar-refractivity contribution in [3.05, 3.63) is 64.4 Å². The van der Waals surface area contributed by atoms with Gasteiger partial charge in [-0.3, -0.25) is 14.2 Å². The van der Waals surface area contributed by atoms with E-state index in [1.807, 2.05) is 37.3 Å². The van der Waals surface area contributed by atoms with Gasteiger partial charge in [-0.2, -0.15) is 5.26 Å². The quantitative estimate of drug-likeness (QED) is 0.478. The molecular formula is C22H22N4O2S. The van der Waals surface area contributed by atoms with Gasteiger partial charge < -0.3 is 4.90 Å². The van der Waals surface area contributed by atoms with Crippen LogP contribution in [0.25, 0.3) is 16.6 Å². The minimum atomic E-state index is -0.912. The Morgan fingerprint density at radius 1 is 1.21 bits per heavy atom. The summed E-state index contributed by atoms with van der Waals surface area (Å²) < 4.78 is 1.54. The molecule has 0 saturated heterocycles. The number of nitrogens with zero attached hydrogens (tertiary/aromatic N) is 4. The van der Waals surface area contributed by atoms with Gasteiger partial charge in [0, 0.05) is 7.05 Å². The Balaban J connectivity index is 2.04. The third-order valence-corrected chi connectivity index (χ3v) is 5.77. The third-order valence-electron chi connectivity index (χ3n) is 4.85. The SMILES string of the molecule is Cc1ccc(-n2c(SCC(=O)N(C)C(C)(C)C#N)nc3ccccc3c2=O)cc1. The first-order chi connectivity index (χ1) is 13.7. The second-order valence-corrected chi connectivity index (χ2v) is 8.24. The van der Waals surface area contributed by atoms with E-state index in [-0.39, 0.29) is 17.2 Å². The molecule has 0 aliphatic carbocycles. The van der Waals surface area contributed by atoms with Crippen LogP contribution in [0.3, 0.4) is 0 Å². The predicted molar refractivity (Wildman–Crippen MR) is 115 cm³/mol. The van der Waals surface area contributed by atoms with Crippen LogP contribution in [-0.2, 0) is 4.79 Å². The fraction of sp³-hybridized carbons (Fsp3) is 0.273. The van der Waals surface area contributed by atoms with Gasteiger partial charge in [-0.05, 0) is 45.0 Å². The highest BCUT2D eigenvalue weighted by Gasteiger charge is 2.27. The third kappa shape index (κ3) is 4.17. The van der Waals surface area contributed by atoms with Crippen LogP contribution in [-0.4, -0.2) is 38.7 Å². The lowest BCUT2D eigenvalue weighted by Crippen LogP contribution is -2.44. The van der Waals surface area contributed by atoms with Gasteiger partial charge in [0.1, 0.15) is 5.54 Å². The molecule has 1 heterocycles. The number of benzene rings is 2. The molecule has 0 fully saturated rings. The highest BCUT2D eigenvalue weighted by molar-refractivity contribution is 7.99. The Labute approximate surface area is 173 Å². The van der Waals surface area contributed by atoms with Crippen LogP contribution in [0.1, 0.15) is 19.4 Å². The number of carbonyl (C=O) groups is 1. The van der Waals surface area contributed by atoms with Crippen molar-refractivity contribution in [3.63, 3.8) is 0 Å². The zero-order valence-electron chi connectivity index (χ0n) is 16.8. The predicted octanol–water partition coefficient (Wildman–Crippen LogP) is 3.55. The molecule has 29 heavy (non-hydrogen) atoms. The summed E-state index contributed by atoms with van der Waals surface area (Å²) in [5.41, 5.74) is 1.27. The number of para-hydroxylation sites is 1. The van der Waals surface area contributed by atoms with E-state index in [9.17, 15) is 14.9 Å². The molecule has 3 aromatic rings. The van der Waals surface area contributed by atoms with Crippen molar-refractivity contribution in [1.29, 1.82) is 5.26 Å². The smallest absolute Gasteiger partial charge is 0.266 e. The second-order valence-electron chi connectivity index (χ2n) is 7.30. The monoisotopic (exact) mass is 406 g/mol. The zero-order valence-corrected chi connectivity index (χ0v) is 17.7. The summed E-state index contributed by atoms with van der Waals surface area (Å²) in [5, 5.41) is 10.2. The van der Waals surface area contributed by atoms with Crippen LogP contribution in [0.15, 0.2) is 58.5 Å². The molecule has 148 valence electrons. The Bertz CT molecular complexity index is 1160. The number of thioether (sulfide) groups is 1. The maximum atomic E-state index is 13.2. The summed E-state index contributed by atoms with van der Waals surface area (Å²) in [6, 6.07) is 16.9. The number of hydrogen-bond donors (Lipinski definition) is 0. The molecule has 2 aromatic carbocycles. The molecule has 0 unspecified atom stereocenters. The fourth-order valence-electron chi connectivity index (χ4n) is 2.74. The van der Waals surface area contributed by atoms with Crippen LogP contribution in [0.2, 0.25) is 0 Å². The van der Waals surface area contributed by atoms with Crippen molar-refractivity contribution in [2.45, 2.75) is 31.5 Å². The standard InChI is InChI=1S/C22H22N4O2S/c1-15-9-11-16(12-10-15)26-20(28)17-7-5-6-8-18(17)24-21(26)29-13-19(27)25(4)22(2,3)14-23/h5-12H,13H2,1-4H3. The van der Waals surface area contributed by atoms with Crippen LogP contribution < -0.4 is 5.56 Å². The molecule has 0 atom stereocenters. The maximum absolute atomic E-state index is 13.2. The van der Waals surface area contributed by atoms with E-state index in [0.717, 1.165) is 5.56 Å². The van der Waals surface area contributed by atoms with E-state index in [1.54, 1.807) is 39.1 Å². The van der Waals surface area contributed by atoms with Crippen LogP contribution >= 0.6 is 11.8 Å². The maximum Gasteiger partial charge on any atom is 0.266 e. The van der Waals surface area contributed by atoms with E-state index < -0.39 is 5.54 Å². The molecule has 6 nitrogen and oxygen atoms in total. The molecule has 0 saturated carbocycles. The Morgan fingerprint density at radius 3 is 2.52 bits per heavy atom. The van der Waals surface area contributed by atoms with Crippen LogP contribution in [0.5, 0.6) is 0 Å². The van der Waals surface area contributed by atoms with Crippen molar-refractivity contribution in [2.24, 2.45) is 0 Å². The van der Waals surface area contributed by atoms with Crippen molar-refractivity contribution in [1.82, 2.24) is 14.5 Å². The number of rotatable bonds is 5. The first-order valence-corrected chi connectivity index (χ1v) is 10.1. The second kappa shape index (κ2) is 8.10. The summed E-state index contributed by atoms with van der Waals surface area (Å²) in [5.74, 6) is -0.141. The van der Waals surface area contributed by atoms with E-state index in [2.05, 4.69) is 11.1 Å². The van der Waals surface area contributed by atoms with Gasteiger partial charge in [0.25, 0.3) is 5.56 Å². The number of hydrogen-bond acceptors (Lipinski definition) is 5. The molecule has 0 radical (unpaired) electrons. The highest BCUT2D eigenvalue weighted by atomic mass is 32.2. The molecule has 0 bridgehead atoms. The van der Waals surface area contributed by atoms with Gasteiger partial charge in [-0.1, -0.05) is 41.6 Å². The van der Waals surface area contributed by atoms with Gasteiger partial charge in [0.15, 0.2) is 5.16 Å². The van der Waals surface area contributed by atoms with E-state index in [1.165, 1.54) is 21.2 Å². The number of aromatic nitrogens is 2. The molecule has 0 aliphatic heterocycles. The first kappa shape index (κ1) is 20.6. The van der Waals surface area contributed by atoms with E-state index >= 15 is 0 Å². The average molecular weight is 407 g/mol. The molecule has 0 spiro atoms. The van der Waals surface area contributed by atoms with Gasteiger partial charge >= 0.3 is 0 Å². The van der Waals surface area contributed by atoms with E-state index in [0.29, 0.717) is 21.7 Å². The Morgan fingerprint density at radius 2 is 1.86 bits per heavy atom. The number of amides is 1. The lowest BCUT2D eigenvalue weighted by molar-refractivity contribution is -0.130. The molecule has 3 rings (SSSR count). The van der Waals surface area contributed by atoms with Gasteiger partial charge in [0.2, 0.25) is 5.91 Å². The zero-order chi connectivity index (χ0) is 21.2. The van der Waals surface area contributed by atoms with Crippen LogP contribution in [0.4, 0.5) is 0 Å². The molecule has 1 aromatic heterocycles. The minimum absolute atomic E-state index is 0.0677. The lowest BCUT2D eigenvalue weighted by Gasteiger charge is -2.29. The number of aryl methyl sites for hydroxylation is 1. The Kier molecular flexibility index (Phi) is 5.76. The van der Waals surface area contributed by atoms with Crippen molar-refractivity contribution in [3.8, 4) is 11.8 Å². The van der Waals surface area contributed by atoms with Gasteiger partial charge in [-0.15, -0.1) is 0 Å². The van der Waals surface area contributed by atoms with Crippen LogP contribution in [0, 0.1) is 18.3 Å². The fourth-order valence-corrected chi connectivity index (χ4v) is 3.67. The minimum Gasteiger partial charge on any atom is -0.327 e. The summed E-state index contributed by atoms with van der Waals surface area (Å²) in [7, 11) is 1.60. The first-order valence-electron chi connectivity index (χ1n) is 9.14. The molecule has 1 amide bonds. The largest absolute Gasteiger partial charge is 0.327 e. The van der Waals surface area contributed by atoms with Crippen molar-refractivity contribution < 1.29 is 4.79 Å². The highest BCUT2D eigenvalue weighted by Crippen LogP contribution is 2.23. The number of carbonyl (C=O) groups excluding carboxylic acids is 1. The lowest BCUT2D eigenvalue weighted by atomic mass is 10.1. The molecule has 0 aliphatic rings. The average Bonchev–Trinajstić information content (AvgIpc) is 2.72. The Hall–Kier alpha value is -3.11. The van der Waals surface area contributed by atoms with E-state index in [4.69, 9.17) is 0 Å². The van der Waals surface area contributed by atoms with Gasteiger partial charge in [-0.25, -0.2) is 4.98 Å². The topological polar surface area (TPSA) is 79.0 Å². The van der Waals surface area contributed by atoms with Crippen molar-refractivity contribution >= 4 is 28.6 Å². The summed E-state index contributed by atoms with van der Waals surface area (Å²) >= 11 is 1.19. The normalized spacial score (nSPS) is 11.3. The summed E-state index contributed by atoms with van der Waals surface area (Å²) in [6.45, 7) is 5.35. The molecule has 0 N–H and O–H groups in total. The number of fused-ring (bicyclic) bond motifs is 1.